The van der Waals surface area contributed by atoms with Crippen molar-refractivity contribution in [1.82, 2.24) is 10.2 Å². The molecule has 1 N–H and O–H groups in total. The molecule has 1 heterocycles. The Balaban J connectivity index is 2.14. The molecule has 0 bridgehead atoms. The van der Waals surface area contributed by atoms with Crippen LogP contribution >= 0.6 is 0 Å². The van der Waals surface area contributed by atoms with Gasteiger partial charge in [-0.1, -0.05) is 18.2 Å². The van der Waals surface area contributed by atoms with E-state index in [4.69, 9.17) is 4.74 Å². The van der Waals surface area contributed by atoms with E-state index in [1.807, 2.05) is 12.1 Å². The van der Waals surface area contributed by atoms with Gasteiger partial charge in [-0.25, -0.2) is 0 Å². The quantitative estimate of drug-likeness (QED) is 0.863. The smallest absolute Gasteiger partial charge is 0.123 e. The van der Waals surface area contributed by atoms with Crippen LogP contribution in [-0.2, 0) is 0 Å². The van der Waals surface area contributed by atoms with E-state index in [1.54, 1.807) is 7.11 Å². The van der Waals surface area contributed by atoms with Gasteiger partial charge in [0.2, 0.25) is 0 Å². The lowest BCUT2D eigenvalue weighted by atomic mass is 10.0. The van der Waals surface area contributed by atoms with E-state index in [-0.39, 0.29) is 0 Å². The third-order valence-electron chi connectivity index (χ3n) is 3.81. The number of methoxy groups -OCH3 is 1. The summed E-state index contributed by atoms with van der Waals surface area (Å²) >= 11 is 0. The van der Waals surface area contributed by atoms with E-state index < -0.39 is 0 Å². The molecule has 1 unspecified atom stereocenters. The summed E-state index contributed by atoms with van der Waals surface area (Å²) in [6.45, 7) is 4.47. The second-order valence-corrected chi connectivity index (χ2v) is 4.73. The number of hydrogen-bond acceptors (Lipinski definition) is 3. The minimum absolute atomic E-state index is 0.385. The zero-order chi connectivity index (χ0) is 12.3. The molecule has 0 saturated carbocycles. The molecule has 0 amide bonds. The van der Waals surface area contributed by atoms with Gasteiger partial charge in [0.15, 0.2) is 0 Å². The van der Waals surface area contributed by atoms with Crippen molar-refractivity contribution in [2.75, 3.05) is 27.2 Å². The first-order chi connectivity index (χ1) is 8.24. The van der Waals surface area contributed by atoms with Gasteiger partial charge in [0.1, 0.15) is 5.75 Å². The minimum atomic E-state index is 0.385. The number of benzene rings is 1. The summed E-state index contributed by atoms with van der Waals surface area (Å²) in [5, 5.41) is 3.42. The van der Waals surface area contributed by atoms with Crippen LogP contribution in [0.15, 0.2) is 24.3 Å². The van der Waals surface area contributed by atoms with Crippen LogP contribution in [0.1, 0.15) is 24.9 Å². The summed E-state index contributed by atoms with van der Waals surface area (Å²) < 4.78 is 5.44. The molecule has 0 spiro atoms. The molecule has 1 aliphatic rings. The zero-order valence-corrected chi connectivity index (χ0v) is 10.9. The molecule has 17 heavy (non-hydrogen) atoms. The first-order valence-electron chi connectivity index (χ1n) is 6.29. The Kier molecular flexibility index (Phi) is 4.02. The highest BCUT2D eigenvalue weighted by molar-refractivity contribution is 5.35. The Hall–Kier alpha value is -1.06. The van der Waals surface area contributed by atoms with Crippen molar-refractivity contribution in [3.8, 4) is 5.75 Å². The van der Waals surface area contributed by atoms with Crippen molar-refractivity contribution in [3.05, 3.63) is 29.8 Å². The maximum atomic E-state index is 5.44. The number of rotatable bonds is 4. The van der Waals surface area contributed by atoms with Gasteiger partial charge >= 0.3 is 0 Å². The number of para-hydroxylation sites is 1. The average molecular weight is 234 g/mol. The van der Waals surface area contributed by atoms with Gasteiger partial charge in [-0.3, -0.25) is 4.90 Å². The van der Waals surface area contributed by atoms with Gasteiger partial charge in [0, 0.05) is 24.2 Å². The summed E-state index contributed by atoms with van der Waals surface area (Å²) in [5.41, 5.74) is 1.27. The van der Waals surface area contributed by atoms with Crippen molar-refractivity contribution < 1.29 is 4.74 Å². The molecule has 2 rings (SSSR count). The molecule has 2 atom stereocenters. The Labute approximate surface area is 104 Å². The van der Waals surface area contributed by atoms with Gasteiger partial charge in [0.25, 0.3) is 0 Å². The van der Waals surface area contributed by atoms with Gasteiger partial charge in [0.05, 0.1) is 7.11 Å². The van der Waals surface area contributed by atoms with Crippen LogP contribution in [0.5, 0.6) is 5.75 Å². The van der Waals surface area contributed by atoms with Crippen LogP contribution in [-0.4, -0.2) is 38.2 Å². The van der Waals surface area contributed by atoms with Crippen molar-refractivity contribution >= 4 is 0 Å². The van der Waals surface area contributed by atoms with Crippen LogP contribution in [0.4, 0.5) is 0 Å². The van der Waals surface area contributed by atoms with Crippen molar-refractivity contribution in [2.45, 2.75) is 25.4 Å². The number of likely N-dealkylation sites (N-methyl/N-ethyl adjacent to an activating group) is 1. The first kappa shape index (κ1) is 12.4. The van der Waals surface area contributed by atoms with E-state index in [1.165, 1.54) is 12.0 Å². The summed E-state index contributed by atoms with van der Waals surface area (Å²) in [5.74, 6) is 0.984. The third-order valence-corrected chi connectivity index (χ3v) is 3.81. The Morgan fingerprint density at radius 3 is 2.82 bits per heavy atom. The molecule has 3 nitrogen and oxygen atoms in total. The standard InChI is InChI=1S/C14H22N2O/c1-11(16(2)12-8-9-15-10-12)13-6-4-5-7-14(13)17-3/h4-7,11-12,15H,8-10H2,1-3H3/t11?,12-/m0/s1. The second-order valence-electron chi connectivity index (χ2n) is 4.73. The van der Waals surface area contributed by atoms with Crippen molar-refractivity contribution in [3.63, 3.8) is 0 Å². The predicted octanol–water partition coefficient (Wildman–Crippen LogP) is 2.05. The number of hydrogen-bond donors (Lipinski definition) is 1. The average Bonchev–Trinajstić information content (AvgIpc) is 2.90. The summed E-state index contributed by atoms with van der Waals surface area (Å²) in [7, 11) is 3.94. The maximum absolute atomic E-state index is 5.44. The van der Waals surface area contributed by atoms with E-state index in [0.717, 1.165) is 18.8 Å². The fourth-order valence-corrected chi connectivity index (χ4v) is 2.53. The van der Waals surface area contributed by atoms with Crippen LogP contribution in [0.3, 0.4) is 0 Å². The summed E-state index contributed by atoms with van der Waals surface area (Å²) in [6, 6.07) is 9.31. The maximum Gasteiger partial charge on any atom is 0.123 e. The lowest BCUT2D eigenvalue weighted by Gasteiger charge is -2.31. The largest absolute Gasteiger partial charge is 0.496 e. The molecule has 1 fully saturated rings. The molecule has 1 aliphatic heterocycles. The Bertz CT molecular complexity index is 361. The van der Waals surface area contributed by atoms with E-state index in [0.29, 0.717) is 12.1 Å². The number of nitrogens with one attached hydrogen (secondary N) is 1. The molecule has 1 saturated heterocycles. The van der Waals surface area contributed by atoms with Crippen molar-refractivity contribution in [1.29, 1.82) is 0 Å². The highest BCUT2D eigenvalue weighted by Gasteiger charge is 2.25. The van der Waals surface area contributed by atoms with Crippen LogP contribution in [0.25, 0.3) is 0 Å². The van der Waals surface area contributed by atoms with E-state index in [9.17, 15) is 0 Å². The van der Waals surface area contributed by atoms with Crippen LogP contribution in [0, 0.1) is 0 Å². The Morgan fingerprint density at radius 2 is 2.18 bits per heavy atom. The fraction of sp³-hybridized carbons (Fsp3) is 0.571. The highest BCUT2D eigenvalue weighted by atomic mass is 16.5. The highest BCUT2D eigenvalue weighted by Crippen LogP contribution is 2.29. The lowest BCUT2D eigenvalue weighted by molar-refractivity contribution is 0.193. The molecule has 3 heteroatoms. The molecular formula is C14H22N2O. The SMILES string of the molecule is COc1ccccc1C(C)N(C)[C@H]1CCNC1. The topological polar surface area (TPSA) is 24.5 Å². The molecule has 94 valence electrons. The van der Waals surface area contributed by atoms with Gasteiger partial charge in [-0.2, -0.15) is 0 Å². The monoisotopic (exact) mass is 234 g/mol. The number of ether oxygens (including phenoxy) is 1. The van der Waals surface area contributed by atoms with E-state index >= 15 is 0 Å². The normalized spacial score (nSPS) is 21.8. The molecule has 0 aromatic heterocycles. The zero-order valence-electron chi connectivity index (χ0n) is 10.9. The predicted molar refractivity (Wildman–Crippen MR) is 70.4 cm³/mol. The van der Waals surface area contributed by atoms with Gasteiger partial charge < -0.3 is 10.1 Å². The molecule has 1 aromatic carbocycles. The molecule has 0 radical (unpaired) electrons. The second kappa shape index (κ2) is 5.52. The minimum Gasteiger partial charge on any atom is -0.496 e. The first-order valence-corrected chi connectivity index (χ1v) is 6.29. The van der Waals surface area contributed by atoms with Gasteiger partial charge in [-0.15, -0.1) is 0 Å². The molecule has 0 aliphatic carbocycles. The lowest BCUT2D eigenvalue weighted by Crippen LogP contribution is -2.35. The van der Waals surface area contributed by atoms with E-state index in [2.05, 4.69) is 36.3 Å². The number of nitrogens with zero attached hydrogens (tertiary/aromatic N) is 1. The van der Waals surface area contributed by atoms with Crippen LogP contribution in [0.2, 0.25) is 0 Å². The van der Waals surface area contributed by atoms with Crippen LogP contribution < -0.4 is 10.1 Å². The summed E-state index contributed by atoms with van der Waals surface area (Å²) in [6.07, 6.45) is 1.23. The van der Waals surface area contributed by atoms with Crippen molar-refractivity contribution in [2.24, 2.45) is 0 Å². The van der Waals surface area contributed by atoms with Gasteiger partial charge in [-0.05, 0) is 33.0 Å². The Morgan fingerprint density at radius 1 is 1.41 bits per heavy atom. The fourth-order valence-electron chi connectivity index (χ4n) is 2.53. The molecule has 1 aromatic rings. The third kappa shape index (κ3) is 2.61. The molecular weight excluding hydrogens is 212 g/mol. The summed E-state index contributed by atoms with van der Waals surface area (Å²) in [4.78, 5) is 2.44.